The highest BCUT2D eigenvalue weighted by Crippen LogP contribution is 2.23. The van der Waals surface area contributed by atoms with Crippen LogP contribution >= 0.6 is 0 Å². The number of rotatable bonds is 7. The molecule has 0 fully saturated rings. The Bertz CT molecular complexity index is 948. The van der Waals surface area contributed by atoms with Gasteiger partial charge in [-0.2, -0.15) is 0 Å². The van der Waals surface area contributed by atoms with Gasteiger partial charge in [0.15, 0.2) is 0 Å². The topological polar surface area (TPSA) is 9.23 Å². The van der Waals surface area contributed by atoms with Crippen LogP contribution < -0.4 is 4.74 Å². The van der Waals surface area contributed by atoms with Crippen LogP contribution in [0.15, 0.2) is 66.7 Å². The molecule has 0 heterocycles. The minimum atomic E-state index is -0.365. The van der Waals surface area contributed by atoms with Gasteiger partial charge in [0.1, 0.15) is 17.4 Å². The van der Waals surface area contributed by atoms with E-state index in [4.69, 9.17) is 4.74 Å². The van der Waals surface area contributed by atoms with E-state index in [-0.39, 0.29) is 17.6 Å². The second kappa shape index (κ2) is 9.32. The van der Waals surface area contributed by atoms with Gasteiger partial charge >= 0.3 is 0 Å². The van der Waals surface area contributed by atoms with Gasteiger partial charge in [-0.3, -0.25) is 0 Å². The molecule has 144 valence electrons. The fourth-order valence-corrected chi connectivity index (χ4v) is 3.15. The molecule has 0 aliphatic rings. The predicted molar refractivity (Wildman–Crippen MR) is 111 cm³/mol. The molecule has 0 saturated carbocycles. The van der Waals surface area contributed by atoms with Gasteiger partial charge in [-0.15, -0.1) is 0 Å². The lowest BCUT2D eigenvalue weighted by molar-refractivity contribution is 0.338. The van der Waals surface area contributed by atoms with Crippen LogP contribution in [0.2, 0.25) is 0 Å². The van der Waals surface area contributed by atoms with Gasteiger partial charge in [-0.25, -0.2) is 8.78 Å². The highest BCUT2D eigenvalue weighted by atomic mass is 19.1. The molecule has 0 spiro atoms. The van der Waals surface area contributed by atoms with Gasteiger partial charge in [0.25, 0.3) is 0 Å². The summed E-state index contributed by atoms with van der Waals surface area (Å²) in [5, 5.41) is 0. The summed E-state index contributed by atoms with van der Waals surface area (Å²) in [6, 6.07) is 20.0. The molecular weight excluding hydrogens is 354 g/mol. The van der Waals surface area contributed by atoms with Gasteiger partial charge in [0.2, 0.25) is 0 Å². The summed E-state index contributed by atoms with van der Waals surface area (Å²) >= 11 is 0. The first-order valence-electron chi connectivity index (χ1n) is 9.50. The van der Waals surface area contributed by atoms with E-state index in [0.29, 0.717) is 35.5 Å². The van der Waals surface area contributed by atoms with E-state index >= 15 is 0 Å². The monoisotopic (exact) mass is 378 g/mol. The molecule has 0 N–H and O–H groups in total. The molecule has 0 bridgehead atoms. The lowest BCUT2D eigenvalue weighted by Crippen LogP contribution is -2.00. The average Bonchev–Trinajstić information content (AvgIpc) is 2.70. The van der Waals surface area contributed by atoms with E-state index < -0.39 is 0 Å². The first kappa shape index (κ1) is 19.8. The molecule has 0 unspecified atom stereocenters. The standard InChI is InChI=1S/C25H24F2O/c1-3-28-23-14-13-21(25(27)17-23)11-9-19-10-12-22(24(26)16-19)15-18(2)20-7-5-4-6-8-20/h4-14,16-18H,3,15H2,1-2H3/t18-/m1/s1. The van der Waals surface area contributed by atoms with Gasteiger partial charge in [0, 0.05) is 11.6 Å². The summed E-state index contributed by atoms with van der Waals surface area (Å²) in [5.41, 5.74) is 3.00. The second-order valence-corrected chi connectivity index (χ2v) is 6.82. The molecule has 3 aromatic carbocycles. The van der Waals surface area contributed by atoms with E-state index in [0.717, 1.165) is 0 Å². The van der Waals surface area contributed by atoms with Crippen molar-refractivity contribution in [2.24, 2.45) is 0 Å². The van der Waals surface area contributed by atoms with Crippen LogP contribution in [-0.4, -0.2) is 6.61 Å². The number of halogens is 2. The Morgan fingerprint density at radius 3 is 2.36 bits per heavy atom. The first-order valence-corrected chi connectivity index (χ1v) is 9.50. The van der Waals surface area contributed by atoms with Gasteiger partial charge < -0.3 is 4.74 Å². The molecule has 0 aliphatic heterocycles. The first-order chi connectivity index (χ1) is 13.6. The van der Waals surface area contributed by atoms with Crippen molar-refractivity contribution in [3.05, 3.63) is 101 Å². The number of hydrogen-bond acceptors (Lipinski definition) is 1. The van der Waals surface area contributed by atoms with Gasteiger partial charge in [0.05, 0.1) is 6.61 Å². The van der Waals surface area contributed by atoms with Crippen LogP contribution in [0.3, 0.4) is 0 Å². The summed E-state index contributed by atoms with van der Waals surface area (Å²) in [6.45, 7) is 4.44. The minimum absolute atomic E-state index is 0.232. The maximum absolute atomic E-state index is 14.5. The quantitative estimate of drug-likeness (QED) is 0.407. The normalized spacial score (nSPS) is 12.3. The largest absolute Gasteiger partial charge is 0.494 e. The number of benzene rings is 3. The molecule has 0 aromatic heterocycles. The fraction of sp³-hybridized carbons (Fsp3) is 0.200. The van der Waals surface area contributed by atoms with Crippen LogP contribution in [0.5, 0.6) is 5.75 Å². The third kappa shape index (κ3) is 5.07. The smallest absolute Gasteiger partial charge is 0.134 e. The van der Waals surface area contributed by atoms with Crippen molar-refractivity contribution in [2.75, 3.05) is 6.61 Å². The molecule has 0 aliphatic carbocycles. The van der Waals surface area contributed by atoms with Crippen LogP contribution in [0.25, 0.3) is 12.2 Å². The van der Waals surface area contributed by atoms with Gasteiger partial charge in [-0.1, -0.05) is 61.5 Å². The Morgan fingerprint density at radius 2 is 1.68 bits per heavy atom. The minimum Gasteiger partial charge on any atom is -0.494 e. The van der Waals surface area contributed by atoms with Crippen LogP contribution in [0, 0.1) is 11.6 Å². The van der Waals surface area contributed by atoms with E-state index in [1.165, 1.54) is 17.7 Å². The lowest BCUT2D eigenvalue weighted by Gasteiger charge is -2.13. The van der Waals surface area contributed by atoms with Crippen molar-refractivity contribution >= 4 is 12.2 Å². The molecule has 1 nitrogen and oxygen atoms in total. The van der Waals surface area contributed by atoms with E-state index in [1.807, 2.05) is 37.3 Å². The average molecular weight is 378 g/mol. The molecule has 0 radical (unpaired) electrons. The molecule has 28 heavy (non-hydrogen) atoms. The summed E-state index contributed by atoms with van der Waals surface area (Å²) in [6.07, 6.45) is 3.99. The molecule has 0 amide bonds. The third-order valence-electron chi connectivity index (χ3n) is 4.71. The lowest BCUT2D eigenvalue weighted by atomic mass is 9.93. The van der Waals surface area contributed by atoms with Crippen molar-refractivity contribution in [3.8, 4) is 5.75 Å². The molecule has 3 aromatic rings. The summed E-state index contributed by atoms with van der Waals surface area (Å²) < 4.78 is 33.9. The summed E-state index contributed by atoms with van der Waals surface area (Å²) in [7, 11) is 0. The summed E-state index contributed by atoms with van der Waals surface area (Å²) in [4.78, 5) is 0. The molecule has 0 saturated heterocycles. The predicted octanol–water partition coefficient (Wildman–Crippen LogP) is 6.88. The third-order valence-corrected chi connectivity index (χ3v) is 4.71. The SMILES string of the molecule is CCOc1ccc(C=Cc2ccc(C[C@@H](C)c3ccccc3)c(F)c2)c(F)c1. The van der Waals surface area contributed by atoms with Crippen molar-refractivity contribution in [3.63, 3.8) is 0 Å². The van der Waals surface area contributed by atoms with E-state index in [1.54, 1.807) is 24.3 Å². The Morgan fingerprint density at radius 1 is 0.893 bits per heavy atom. The Kier molecular flexibility index (Phi) is 6.59. The molecule has 3 heteroatoms. The van der Waals surface area contributed by atoms with Crippen LogP contribution in [0.1, 0.15) is 42.0 Å². The molecule has 1 atom stereocenters. The van der Waals surface area contributed by atoms with E-state index in [9.17, 15) is 8.78 Å². The highest BCUT2D eigenvalue weighted by molar-refractivity contribution is 5.70. The zero-order valence-electron chi connectivity index (χ0n) is 16.2. The Hall–Kier alpha value is -2.94. The zero-order valence-corrected chi connectivity index (χ0v) is 16.2. The Balaban J connectivity index is 1.71. The fourth-order valence-electron chi connectivity index (χ4n) is 3.15. The highest BCUT2D eigenvalue weighted by Gasteiger charge is 2.10. The Labute approximate surface area is 165 Å². The van der Waals surface area contributed by atoms with Crippen LogP contribution in [0.4, 0.5) is 8.78 Å². The van der Waals surface area contributed by atoms with Crippen molar-refractivity contribution in [1.29, 1.82) is 0 Å². The number of hydrogen-bond donors (Lipinski definition) is 0. The zero-order chi connectivity index (χ0) is 19.9. The van der Waals surface area contributed by atoms with Crippen molar-refractivity contribution < 1.29 is 13.5 Å². The second-order valence-electron chi connectivity index (χ2n) is 6.82. The van der Waals surface area contributed by atoms with Gasteiger partial charge in [-0.05, 0) is 54.2 Å². The number of ether oxygens (including phenoxy) is 1. The molecular formula is C25H24F2O. The summed E-state index contributed by atoms with van der Waals surface area (Å²) in [5.74, 6) is 0.128. The van der Waals surface area contributed by atoms with Crippen molar-refractivity contribution in [2.45, 2.75) is 26.2 Å². The van der Waals surface area contributed by atoms with Crippen LogP contribution in [-0.2, 0) is 6.42 Å². The van der Waals surface area contributed by atoms with Crippen molar-refractivity contribution in [1.82, 2.24) is 0 Å². The molecule has 3 rings (SSSR count). The maximum atomic E-state index is 14.5. The van der Waals surface area contributed by atoms with E-state index in [2.05, 4.69) is 19.1 Å². The maximum Gasteiger partial charge on any atom is 0.134 e.